The van der Waals surface area contributed by atoms with Crippen molar-refractivity contribution in [3.05, 3.63) is 53.9 Å². The maximum atomic E-state index is 4.36. The van der Waals surface area contributed by atoms with E-state index < -0.39 is 0 Å². The minimum absolute atomic E-state index is 0.739. The van der Waals surface area contributed by atoms with E-state index in [2.05, 4.69) is 69.0 Å². The van der Waals surface area contributed by atoms with Crippen LogP contribution in [0.2, 0.25) is 0 Å². The number of hydrogen-bond acceptors (Lipinski definition) is 4. The van der Waals surface area contributed by atoms with Crippen molar-refractivity contribution in [3.63, 3.8) is 0 Å². The van der Waals surface area contributed by atoms with E-state index in [0.717, 1.165) is 18.5 Å². The van der Waals surface area contributed by atoms with Gasteiger partial charge in [0.1, 0.15) is 0 Å². The number of aryl methyl sites for hydroxylation is 1. The van der Waals surface area contributed by atoms with E-state index in [-0.39, 0.29) is 0 Å². The van der Waals surface area contributed by atoms with Gasteiger partial charge < -0.3 is 9.80 Å². The molecule has 5 heteroatoms. The second kappa shape index (κ2) is 11.3. The van der Waals surface area contributed by atoms with Crippen LogP contribution in [0.15, 0.2) is 42.7 Å². The molecule has 0 spiro atoms. The normalized spacial score (nSPS) is 18.3. The van der Waals surface area contributed by atoms with E-state index in [9.17, 15) is 0 Å². The summed E-state index contributed by atoms with van der Waals surface area (Å²) in [6.07, 6.45) is 11.6. The van der Waals surface area contributed by atoms with Crippen LogP contribution in [0.4, 0.5) is 0 Å². The van der Waals surface area contributed by atoms with Crippen molar-refractivity contribution in [3.8, 4) is 0 Å². The van der Waals surface area contributed by atoms with E-state index in [1.165, 1.54) is 77.8 Å². The molecule has 170 valence electrons. The number of likely N-dealkylation sites (tertiary alicyclic amines) is 1. The fourth-order valence-electron chi connectivity index (χ4n) is 5.45. The third-order valence-corrected chi connectivity index (χ3v) is 7.21. The second-order valence-corrected chi connectivity index (χ2v) is 9.89. The van der Waals surface area contributed by atoms with Gasteiger partial charge in [-0.3, -0.25) is 9.58 Å². The Morgan fingerprint density at radius 1 is 0.935 bits per heavy atom. The highest BCUT2D eigenvalue weighted by Crippen LogP contribution is 2.29. The third-order valence-electron chi connectivity index (χ3n) is 7.21. The number of nitrogens with zero attached hydrogens (tertiary/aromatic N) is 5. The number of aromatic nitrogens is 2. The average molecular weight is 424 g/mol. The minimum atomic E-state index is 0.739. The van der Waals surface area contributed by atoms with Gasteiger partial charge in [-0.1, -0.05) is 24.3 Å². The molecule has 5 nitrogen and oxygen atoms in total. The lowest BCUT2D eigenvalue weighted by atomic mass is 9.94. The molecule has 0 N–H and O–H groups in total. The highest BCUT2D eigenvalue weighted by molar-refractivity contribution is 5.33. The average Bonchev–Trinajstić information content (AvgIpc) is 3.43. The van der Waals surface area contributed by atoms with Gasteiger partial charge in [0.05, 0.1) is 0 Å². The maximum absolute atomic E-state index is 4.36. The fourth-order valence-corrected chi connectivity index (χ4v) is 5.45. The smallest absolute Gasteiger partial charge is 0.0489 e. The first kappa shape index (κ1) is 22.5. The molecule has 0 bridgehead atoms. The summed E-state index contributed by atoms with van der Waals surface area (Å²) in [4.78, 5) is 7.82. The lowest BCUT2D eigenvalue weighted by molar-refractivity contribution is 0.110. The van der Waals surface area contributed by atoms with Gasteiger partial charge in [0, 0.05) is 31.5 Å². The van der Waals surface area contributed by atoms with Gasteiger partial charge in [-0.2, -0.15) is 5.10 Å². The molecule has 2 heterocycles. The number of benzene rings is 1. The number of hydrogen-bond donors (Lipinski definition) is 0. The molecule has 0 unspecified atom stereocenters. The Balaban J connectivity index is 1.22. The van der Waals surface area contributed by atoms with Gasteiger partial charge in [0.2, 0.25) is 0 Å². The molecule has 0 amide bonds. The quantitative estimate of drug-likeness (QED) is 0.554. The van der Waals surface area contributed by atoms with Gasteiger partial charge in [-0.25, -0.2) is 0 Å². The first-order chi connectivity index (χ1) is 15.2. The van der Waals surface area contributed by atoms with Crippen LogP contribution in [-0.4, -0.2) is 83.9 Å². The van der Waals surface area contributed by atoms with E-state index in [4.69, 9.17) is 0 Å². The van der Waals surface area contributed by atoms with Gasteiger partial charge in [0.15, 0.2) is 0 Å². The number of piperidine rings is 1. The summed E-state index contributed by atoms with van der Waals surface area (Å²) < 4.78 is 2.07. The zero-order valence-electron chi connectivity index (χ0n) is 19.6. The summed E-state index contributed by atoms with van der Waals surface area (Å²) in [5.41, 5.74) is 3.16. The third kappa shape index (κ3) is 6.64. The van der Waals surface area contributed by atoms with E-state index in [1.54, 1.807) is 11.1 Å². The summed E-state index contributed by atoms with van der Waals surface area (Å²) in [7, 11) is 4.36. The van der Waals surface area contributed by atoms with Gasteiger partial charge in [-0.15, -0.1) is 0 Å². The zero-order chi connectivity index (χ0) is 21.5. The molecular formula is C26H41N5. The standard InChI is InChI=1S/C26H41N5/c1-28(2)13-6-14-29(15-7-17-31-16-5-12-27-31)22-23-10-18-30(19-11-23)26-20-24-8-3-4-9-25(24)21-26/h3-5,8-9,12,16,23,26H,6-7,10-11,13-15,17-22H2,1-2H3. The van der Waals surface area contributed by atoms with Gasteiger partial charge in [0.25, 0.3) is 0 Å². The highest BCUT2D eigenvalue weighted by atomic mass is 15.3. The minimum Gasteiger partial charge on any atom is -0.309 e. The number of fused-ring (bicyclic) bond motifs is 1. The molecule has 1 aliphatic heterocycles. The Morgan fingerprint density at radius 3 is 2.29 bits per heavy atom. The fraction of sp³-hybridized carbons (Fsp3) is 0.654. The first-order valence-corrected chi connectivity index (χ1v) is 12.3. The van der Waals surface area contributed by atoms with Crippen molar-refractivity contribution < 1.29 is 0 Å². The van der Waals surface area contributed by atoms with Gasteiger partial charge in [-0.05, 0) is 108 Å². The van der Waals surface area contributed by atoms with E-state index in [1.807, 2.05) is 12.3 Å². The van der Waals surface area contributed by atoms with Crippen LogP contribution in [0.3, 0.4) is 0 Å². The Labute approximate surface area is 189 Å². The summed E-state index contributed by atoms with van der Waals surface area (Å²) in [5.74, 6) is 0.851. The lowest BCUT2D eigenvalue weighted by Crippen LogP contribution is -2.44. The van der Waals surface area contributed by atoms with Crippen LogP contribution in [0.1, 0.15) is 36.8 Å². The SMILES string of the molecule is CN(C)CCCN(CCCn1cccn1)CC1CCN(C2Cc3ccccc3C2)CC1. The van der Waals surface area contributed by atoms with Crippen molar-refractivity contribution in [1.82, 2.24) is 24.5 Å². The predicted octanol–water partition coefficient (Wildman–Crippen LogP) is 3.41. The Morgan fingerprint density at radius 2 is 1.65 bits per heavy atom. The molecule has 1 aromatic heterocycles. The van der Waals surface area contributed by atoms with Crippen LogP contribution in [-0.2, 0) is 19.4 Å². The Kier molecular flexibility index (Phi) is 8.17. The second-order valence-electron chi connectivity index (χ2n) is 9.89. The van der Waals surface area contributed by atoms with Crippen LogP contribution in [0.5, 0.6) is 0 Å². The topological polar surface area (TPSA) is 27.5 Å². The molecule has 31 heavy (non-hydrogen) atoms. The molecule has 1 aliphatic carbocycles. The van der Waals surface area contributed by atoms with E-state index >= 15 is 0 Å². The molecule has 4 rings (SSSR count). The maximum Gasteiger partial charge on any atom is 0.0489 e. The molecule has 1 fully saturated rings. The van der Waals surface area contributed by atoms with Crippen molar-refractivity contribution in [2.75, 3.05) is 53.4 Å². The van der Waals surface area contributed by atoms with Crippen LogP contribution in [0, 0.1) is 5.92 Å². The molecule has 2 aliphatic rings. The Hall–Kier alpha value is -1.69. The van der Waals surface area contributed by atoms with Crippen LogP contribution < -0.4 is 0 Å². The first-order valence-electron chi connectivity index (χ1n) is 12.3. The molecule has 0 saturated carbocycles. The van der Waals surface area contributed by atoms with Crippen molar-refractivity contribution in [1.29, 1.82) is 0 Å². The number of rotatable bonds is 11. The predicted molar refractivity (Wildman–Crippen MR) is 128 cm³/mol. The van der Waals surface area contributed by atoms with Gasteiger partial charge >= 0.3 is 0 Å². The Bertz CT molecular complexity index is 739. The molecular weight excluding hydrogens is 382 g/mol. The lowest BCUT2D eigenvalue weighted by Gasteiger charge is -2.38. The van der Waals surface area contributed by atoms with Crippen LogP contribution in [0.25, 0.3) is 0 Å². The molecule has 1 saturated heterocycles. The molecule has 1 aromatic carbocycles. The van der Waals surface area contributed by atoms with E-state index in [0.29, 0.717) is 0 Å². The van der Waals surface area contributed by atoms with Crippen molar-refractivity contribution >= 4 is 0 Å². The molecule has 0 radical (unpaired) electrons. The van der Waals surface area contributed by atoms with Crippen molar-refractivity contribution in [2.45, 2.75) is 51.1 Å². The highest BCUT2D eigenvalue weighted by Gasteiger charge is 2.30. The zero-order valence-corrected chi connectivity index (χ0v) is 19.6. The summed E-state index contributed by atoms with van der Waals surface area (Å²) in [6.45, 7) is 8.44. The summed E-state index contributed by atoms with van der Waals surface area (Å²) >= 11 is 0. The largest absolute Gasteiger partial charge is 0.309 e. The monoisotopic (exact) mass is 423 g/mol. The molecule has 2 aromatic rings. The summed E-state index contributed by atoms with van der Waals surface area (Å²) in [6, 6.07) is 11.8. The molecule has 0 atom stereocenters. The summed E-state index contributed by atoms with van der Waals surface area (Å²) in [5, 5.41) is 4.36. The van der Waals surface area contributed by atoms with Crippen LogP contribution >= 0.6 is 0 Å². The van der Waals surface area contributed by atoms with Crippen molar-refractivity contribution in [2.24, 2.45) is 5.92 Å².